The second-order valence-corrected chi connectivity index (χ2v) is 5.11. The van der Waals surface area contributed by atoms with Crippen molar-refractivity contribution in [2.75, 3.05) is 32.1 Å². The highest BCUT2D eigenvalue weighted by atomic mass is 16.6. The van der Waals surface area contributed by atoms with Crippen molar-refractivity contribution in [3.8, 4) is 0 Å². The highest BCUT2D eigenvalue weighted by Gasteiger charge is 2.16. The molecular weight excluding hydrogens is 268 g/mol. The normalized spacial score (nSPS) is 10.8. The average Bonchev–Trinajstić information content (AvgIpc) is 2.45. The second-order valence-electron chi connectivity index (χ2n) is 5.11. The lowest BCUT2D eigenvalue weighted by Crippen LogP contribution is -2.22. The van der Waals surface area contributed by atoms with Crippen molar-refractivity contribution in [2.45, 2.75) is 13.3 Å². The number of anilines is 1. The number of nitro groups is 1. The lowest BCUT2D eigenvalue weighted by molar-refractivity contribution is -0.383. The second kappa shape index (κ2) is 6.49. The highest BCUT2D eigenvalue weighted by Crippen LogP contribution is 2.33. The molecule has 0 fully saturated rings. The zero-order valence-corrected chi connectivity index (χ0v) is 12.6. The van der Waals surface area contributed by atoms with E-state index in [2.05, 4.69) is 15.2 Å². The molecule has 1 N–H and O–H groups in total. The Balaban J connectivity index is 2.47. The van der Waals surface area contributed by atoms with Crippen molar-refractivity contribution >= 4 is 22.1 Å². The number of pyridine rings is 1. The Labute approximate surface area is 123 Å². The summed E-state index contributed by atoms with van der Waals surface area (Å²) in [6, 6.07) is 5.29. The van der Waals surface area contributed by atoms with Crippen LogP contribution in [0.5, 0.6) is 0 Å². The number of benzene rings is 1. The fourth-order valence-electron chi connectivity index (χ4n) is 2.42. The van der Waals surface area contributed by atoms with Crippen molar-refractivity contribution < 1.29 is 4.92 Å². The summed E-state index contributed by atoms with van der Waals surface area (Å²) in [4.78, 5) is 17.1. The van der Waals surface area contributed by atoms with Gasteiger partial charge in [-0.25, -0.2) is 0 Å². The van der Waals surface area contributed by atoms with Gasteiger partial charge in [-0.3, -0.25) is 15.1 Å². The Kier molecular flexibility index (Phi) is 4.70. The van der Waals surface area contributed by atoms with E-state index >= 15 is 0 Å². The standard InChI is InChI=1S/C15H20N4O2/c1-11-9-12-13(10-17-11)15(19(20)21)6-5-14(12)18(3)8-4-7-16-2/h5-6,9-10,16H,4,7-8H2,1-3H3. The molecule has 0 aliphatic carbocycles. The van der Waals surface area contributed by atoms with Gasteiger partial charge in [0.15, 0.2) is 0 Å². The van der Waals surface area contributed by atoms with Crippen molar-refractivity contribution in [3.05, 3.63) is 40.2 Å². The zero-order chi connectivity index (χ0) is 15.4. The first kappa shape index (κ1) is 15.2. The van der Waals surface area contributed by atoms with Gasteiger partial charge in [0.1, 0.15) is 0 Å². The number of nitrogens with zero attached hydrogens (tertiary/aromatic N) is 3. The molecule has 0 aliphatic heterocycles. The third-order valence-electron chi connectivity index (χ3n) is 3.52. The molecule has 0 unspecified atom stereocenters. The van der Waals surface area contributed by atoms with E-state index in [1.165, 1.54) is 0 Å². The van der Waals surface area contributed by atoms with Gasteiger partial charge in [-0.15, -0.1) is 0 Å². The molecule has 0 amide bonds. The number of hydrogen-bond donors (Lipinski definition) is 1. The van der Waals surface area contributed by atoms with Gasteiger partial charge in [-0.05, 0) is 39.1 Å². The maximum absolute atomic E-state index is 11.1. The van der Waals surface area contributed by atoms with E-state index in [1.807, 2.05) is 33.2 Å². The summed E-state index contributed by atoms with van der Waals surface area (Å²) in [5, 5.41) is 15.7. The molecule has 112 valence electrons. The minimum atomic E-state index is -0.357. The number of fused-ring (bicyclic) bond motifs is 1. The van der Waals surface area contributed by atoms with Crippen molar-refractivity contribution in [1.29, 1.82) is 0 Å². The maximum atomic E-state index is 11.1. The first-order valence-electron chi connectivity index (χ1n) is 6.94. The summed E-state index contributed by atoms with van der Waals surface area (Å²) in [6.45, 7) is 3.72. The van der Waals surface area contributed by atoms with Crippen molar-refractivity contribution in [1.82, 2.24) is 10.3 Å². The van der Waals surface area contributed by atoms with Crippen LogP contribution in [0.3, 0.4) is 0 Å². The van der Waals surface area contributed by atoms with Crippen LogP contribution in [0.2, 0.25) is 0 Å². The van der Waals surface area contributed by atoms with E-state index in [-0.39, 0.29) is 10.6 Å². The van der Waals surface area contributed by atoms with Crippen LogP contribution in [-0.4, -0.2) is 37.1 Å². The molecule has 1 aromatic heterocycles. The molecule has 0 bridgehead atoms. The smallest absolute Gasteiger partial charge is 0.278 e. The number of rotatable bonds is 6. The number of non-ortho nitro benzene ring substituents is 1. The van der Waals surface area contributed by atoms with Crippen molar-refractivity contribution in [3.63, 3.8) is 0 Å². The van der Waals surface area contributed by atoms with Crippen LogP contribution in [0.4, 0.5) is 11.4 Å². The minimum Gasteiger partial charge on any atom is -0.374 e. The number of nitro benzene ring substituents is 1. The van der Waals surface area contributed by atoms with Gasteiger partial charge in [0.2, 0.25) is 0 Å². The largest absolute Gasteiger partial charge is 0.374 e. The summed E-state index contributed by atoms with van der Waals surface area (Å²) >= 11 is 0. The van der Waals surface area contributed by atoms with E-state index in [1.54, 1.807) is 12.3 Å². The monoisotopic (exact) mass is 288 g/mol. The number of nitrogens with one attached hydrogen (secondary N) is 1. The Bertz CT molecular complexity index is 657. The van der Waals surface area contributed by atoms with Gasteiger partial charge in [0, 0.05) is 42.6 Å². The topological polar surface area (TPSA) is 71.3 Å². The molecule has 0 saturated carbocycles. The first-order valence-corrected chi connectivity index (χ1v) is 6.94. The van der Waals surface area contributed by atoms with E-state index in [9.17, 15) is 10.1 Å². The molecule has 6 heteroatoms. The zero-order valence-electron chi connectivity index (χ0n) is 12.6. The van der Waals surface area contributed by atoms with Crippen LogP contribution in [0, 0.1) is 17.0 Å². The molecule has 0 spiro atoms. The highest BCUT2D eigenvalue weighted by molar-refractivity contribution is 5.99. The van der Waals surface area contributed by atoms with E-state index < -0.39 is 0 Å². The lowest BCUT2D eigenvalue weighted by atomic mass is 10.1. The van der Waals surface area contributed by atoms with Gasteiger partial charge in [0.25, 0.3) is 5.69 Å². The first-order chi connectivity index (χ1) is 10.0. The molecular formula is C15H20N4O2. The summed E-state index contributed by atoms with van der Waals surface area (Å²) in [5.41, 5.74) is 1.95. The molecule has 0 radical (unpaired) electrons. The van der Waals surface area contributed by atoms with Crippen LogP contribution in [0.1, 0.15) is 12.1 Å². The summed E-state index contributed by atoms with van der Waals surface area (Å²) < 4.78 is 0. The Morgan fingerprint density at radius 3 is 2.81 bits per heavy atom. The maximum Gasteiger partial charge on any atom is 0.278 e. The number of aromatic nitrogens is 1. The van der Waals surface area contributed by atoms with E-state index in [0.29, 0.717) is 5.39 Å². The predicted octanol–water partition coefficient (Wildman–Crippen LogP) is 2.50. The SMILES string of the molecule is CNCCCN(C)c1ccc([N+](=O)[O-])c2cnc(C)cc12. The van der Waals surface area contributed by atoms with Crippen LogP contribution >= 0.6 is 0 Å². The molecule has 2 aromatic rings. The molecule has 0 aliphatic rings. The van der Waals surface area contributed by atoms with Crippen LogP contribution in [-0.2, 0) is 0 Å². The molecule has 1 aromatic carbocycles. The third kappa shape index (κ3) is 3.28. The van der Waals surface area contributed by atoms with E-state index in [0.717, 1.165) is 36.3 Å². The summed E-state index contributed by atoms with van der Waals surface area (Å²) in [5.74, 6) is 0. The summed E-state index contributed by atoms with van der Waals surface area (Å²) in [6.07, 6.45) is 2.60. The molecule has 21 heavy (non-hydrogen) atoms. The van der Waals surface area contributed by atoms with Crippen LogP contribution in [0.25, 0.3) is 10.8 Å². The molecule has 1 heterocycles. The van der Waals surface area contributed by atoms with Gasteiger partial charge in [-0.2, -0.15) is 0 Å². The molecule has 0 saturated heterocycles. The third-order valence-corrected chi connectivity index (χ3v) is 3.52. The van der Waals surface area contributed by atoms with Gasteiger partial charge in [0.05, 0.1) is 10.3 Å². The number of aryl methyl sites for hydroxylation is 1. The predicted molar refractivity (Wildman–Crippen MR) is 84.9 cm³/mol. The quantitative estimate of drug-likeness (QED) is 0.502. The fourth-order valence-corrected chi connectivity index (χ4v) is 2.42. The molecule has 6 nitrogen and oxygen atoms in total. The minimum absolute atomic E-state index is 0.102. The van der Waals surface area contributed by atoms with Crippen LogP contribution < -0.4 is 10.2 Å². The van der Waals surface area contributed by atoms with Crippen LogP contribution in [0.15, 0.2) is 24.4 Å². The summed E-state index contributed by atoms with van der Waals surface area (Å²) in [7, 11) is 3.93. The molecule has 2 rings (SSSR count). The molecule has 0 atom stereocenters. The number of hydrogen-bond acceptors (Lipinski definition) is 5. The van der Waals surface area contributed by atoms with Gasteiger partial charge < -0.3 is 10.2 Å². The van der Waals surface area contributed by atoms with Gasteiger partial charge >= 0.3 is 0 Å². The Morgan fingerprint density at radius 1 is 1.38 bits per heavy atom. The fraction of sp³-hybridized carbons (Fsp3) is 0.400. The van der Waals surface area contributed by atoms with Gasteiger partial charge in [-0.1, -0.05) is 0 Å². The van der Waals surface area contributed by atoms with Crippen molar-refractivity contribution in [2.24, 2.45) is 0 Å². The van der Waals surface area contributed by atoms with E-state index in [4.69, 9.17) is 0 Å². The lowest BCUT2D eigenvalue weighted by Gasteiger charge is -2.21. The Hall–Kier alpha value is -2.21. The Morgan fingerprint density at radius 2 is 2.14 bits per heavy atom. The average molecular weight is 288 g/mol.